The van der Waals surface area contributed by atoms with Crippen LogP contribution in [0.25, 0.3) is 0 Å². The molecule has 232 valence electrons. The standard InChI is InChI=1S/C28H32N8O7S/c1-3-22(27(40)32-20(13-25(38)39)23(37)16-44-15-18-7-5-4-6-8-18)36-12-11-29-26(28(36)41)30-14-21-19(34-43-35-21)9-10-24-31-17(2)33-42-24/h4-8,11-12,20,22H,3,9-10,13-16H2,1-2H3,(H,29,30)(H,32,40)(H,38,39). The number of rotatable bonds is 17. The third kappa shape index (κ3) is 8.82. The molecule has 0 radical (unpaired) electrons. The molecule has 0 aliphatic carbocycles. The monoisotopic (exact) mass is 624 g/mol. The fraction of sp³-hybridized carbons (Fsp3) is 0.393. The van der Waals surface area contributed by atoms with E-state index in [1.165, 1.54) is 28.7 Å². The molecule has 0 aliphatic rings. The molecule has 1 aromatic carbocycles. The van der Waals surface area contributed by atoms with Crippen molar-refractivity contribution in [2.24, 2.45) is 0 Å². The van der Waals surface area contributed by atoms with Crippen molar-refractivity contribution in [1.82, 2.24) is 35.3 Å². The summed E-state index contributed by atoms with van der Waals surface area (Å²) in [7, 11) is 0. The van der Waals surface area contributed by atoms with E-state index in [0.717, 1.165) is 5.56 Å². The van der Waals surface area contributed by atoms with E-state index < -0.39 is 41.7 Å². The number of ketones is 1. The molecule has 0 spiro atoms. The van der Waals surface area contributed by atoms with Crippen molar-refractivity contribution in [2.75, 3.05) is 11.1 Å². The summed E-state index contributed by atoms with van der Waals surface area (Å²) < 4.78 is 11.2. The van der Waals surface area contributed by atoms with E-state index in [2.05, 4.69) is 36.1 Å². The average molecular weight is 625 g/mol. The summed E-state index contributed by atoms with van der Waals surface area (Å²) in [5.41, 5.74) is 1.41. The Bertz CT molecular complexity index is 1620. The van der Waals surface area contributed by atoms with Crippen molar-refractivity contribution in [1.29, 1.82) is 0 Å². The number of Topliss-reactive ketones (excluding diaryl/α,β-unsaturated/α-hetero) is 1. The first-order valence-electron chi connectivity index (χ1n) is 13.8. The second-order valence-electron chi connectivity index (χ2n) is 9.76. The van der Waals surface area contributed by atoms with E-state index >= 15 is 0 Å². The van der Waals surface area contributed by atoms with Crippen LogP contribution in [0.2, 0.25) is 0 Å². The normalized spacial score (nSPS) is 12.4. The molecule has 3 N–H and O–H groups in total. The highest BCUT2D eigenvalue weighted by atomic mass is 32.2. The molecule has 3 heterocycles. The summed E-state index contributed by atoms with van der Waals surface area (Å²) in [4.78, 5) is 59.3. The first kappa shape index (κ1) is 32.1. The Labute approximate surface area is 255 Å². The van der Waals surface area contributed by atoms with Gasteiger partial charge < -0.3 is 20.3 Å². The summed E-state index contributed by atoms with van der Waals surface area (Å²) in [6.07, 6.45) is 3.17. The number of thioether (sulfide) groups is 1. The highest BCUT2D eigenvalue weighted by molar-refractivity contribution is 7.99. The van der Waals surface area contributed by atoms with Gasteiger partial charge >= 0.3 is 5.97 Å². The van der Waals surface area contributed by atoms with Crippen LogP contribution in [-0.2, 0) is 39.5 Å². The van der Waals surface area contributed by atoms with E-state index in [0.29, 0.717) is 41.7 Å². The van der Waals surface area contributed by atoms with Gasteiger partial charge in [-0.25, -0.2) is 9.61 Å². The molecule has 1 amide bonds. The maximum Gasteiger partial charge on any atom is 0.305 e. The number of carboxylic acids is 1. The van der Waals surface area contributed by atoms with Gasteiger partial charge in [-0.15, -0.1) is 11.8 Å². The van der Waals surface area contributed by atoms with Gasteiger partial charge in [-0.2, -0.15) is 4.98 Å². The zero-order chi connectivity index (χ0) is 31.5. The maximum atomic E-state index is 13.3. The topological polar surface area (TPSA) is 208 Å². The Morgan fingerprint density at radius 1 is 1.09 bits per heavy atom. The lowest BCUT2D eigenvalue weighted by atomic mass is 10.1. The van der Waals surface area contributed by atoms with Gasteiger partial charge in [0, 0.05) is 31.0 Å². The number of aryl methyl sites for hydroxylation is 3. The Morgan fingerprint density at radius 2 is 1.86 bits per heavy atom. The predicted molar refractivity (Wildman–Crippen MR) is 158 cm³/mol. The third-order valence-electron chi connectivity index (χ3n) is 6.54. The molecule has 15 nitrogen and oxygen atoms in total. The molecule has 0 saturated carbocycles. The molecule has 2 atom stereocenters. The fourth-order valence-corrected chi connectivity index (χ4v) is 5.25. The molecule has 0 fully saturated rings. The zero-order valence-corrected chi connectivity index (χ0v) is 25.0. The number of hydrogen-bond acceptors (Lipinski definition) is 13. The minimum absolute atomic E-state index is 0.0145. The van der Waals surface area contributed by atoms with E-state index in [4.69, 9.17) is 9.15 Å². The SMILES string of the molecule is CCC(C(=O)NC(CC(=O)O)C(=O)CSCc1ccccc1)n1ccnc(NCc2nonc2CCc2nc(C)no2)c1=O. The van der Waals surface area contributed by atoms with Crippen LogP contribution >= 0.6 is 11.8 Å². The van der Waals surface area contributed by atoms with E-state index in [1.54, 1.807) is 13.8 Å². The summed E-state index contributed by atoms with van der Waals surface area (Å²) >= 11 is 1.33. The van der Waals surface area contributed by atoms with Crippen molar-refractivity contribution in [3.8, 4) is 0 Å². The van der Waals surface area contributed by atoms with Crippen molar-refractivity contribution in [2.45, 2.75) is 63.9 Å². The lowest BCUT2D eigenvalue weighted by Gasteiger charge is -2.22. The van der Waals surface area contributed by atoms with E-state index in [9.17, 15) is 24.3 Å². The van der Waals surface area contributed by atoms with E-state index in [-0.39, 0.29) is 24.5 Å². The number of nitrogens with zero attached hydrogens (tertiary/aromatic N) is 6. The zero-order valence-electron chi connectivity index (χ0n) is 24.1. The third-order valence-corrected chi connectivity index (χ3v) is 7.56. The Kier molecular flexibility index (Phi) is 11.3. The highest BCUT2D eigenvalue weighted by Crippen LogP contribution is 2.15. The molecule has 0 bridgehead atoms. The van der Waals surface area contributed by atoms with Crippen LogP contribution < -0.4 is 16.2 Å². The Hall–Kier alpha value is -4.86. The number of amides is 1. The van der Waals surface area contributed by atoms with Gasteiger partial charge in [0.2, 0.25) is 11.8 Å². The number of aromatic nitrogens is 6. The molecule has 4 aromatic rings. The maximum absolute atomic E-state index is 13.3. The van der Waals surface area contributed by atoms with Crippen LogP contribution in [0.15, 0.2) is 56.7 Å². The summed E-state index contributed by atoms with van der Waals surface area (Å²) in [6, 6.07) is 7.26. The summed E-state index contributed by atoms with van der Waals surface area (Å²) in [5, 5.41) is 26.4. The quantitative estimate of drug-likeness (QED) is 0.154. The van der Waals surface area contributed by atoms with Crippen LogP contribution in [0.4, 0.5) is 5.82 Å². The predicted octanol–water partition coefficient (Wildman–Crippen LogP) is 2.13. The number of carbonyl (C=O) groups is 3. The van der Waals surface area contributed by atoms with Crippen LogP contribution in [0.1, 0.15) is 54.5 Å². The number of benzene rings is 1. The van der Waals surface area contributed by atoms with Crippen LogP contribution in [-0.4, -0.2) is 64.6 Å². The van der Waals surface area contributed by atoms with Gasteiger partial charge in [0.05, 0.1) is 24.8 Å². The van der Waals surface area contributed by atoms with Crippen LogP contribution in [0.5, 0.6) is 0 Å². The molecular weight excluding hydrogens is 592 g/mol. The average Bonchev–Trinajstić information content (AvgIpc) is 3.64. The Morgan fingerprint density at radius 3 is 2.57 bits per heavy atom. The van der Waals surface area contributed by atoms with E-state index in [1.807, 2.05) is 30.3 Å². The van der Waals surface area contributed by atoms with Crippen LogP contribution in [0.3, 0.4) is 0 Å². The lowest BCUT2D eigenvalue weighted by molar-refractivity contribution is -0.140. The first-order chi connectivity index (χ1) is 21.2. The second kappa shape index (κ2) is 15.6. The molecule has 0 saturated heterocycles. The second-order valence-corrected chi connectivity index (χ2v) is 10.7. The van der Waals surface area contributed by atoms with Gasteiger partial charge in [0.25, 0.3) is 5.56 Å². The number of anilines is 1. The molecule has 44 heavy (non-hydrogen) atoms. The number of aliphatic carboxylic acids is 1. The van der Waals surface area contributed by atoms with Crippen molar-refractivity contribution in [3.05, 3.63) is 81.7 Å². The summed E-state index contributed by atoms with van der Waals surface area (Å²) in [5.74, 6) is -0.815. The van der Waals surface area contributed by atoms with Crippen molar-refractivity contribution >= 4 is 35.2 Å². The molecule has 2 unspecified atom stereocenters. The number of hydrogen-bond donors (Lipinski definition) is 3. The summed E-state index contributed by atoms with van der Waals surface area (Å²) in [6.45, 7) is 3.48. The lowest BCUT2D eigenvalue weighted by Crippen LogP contribution is -2.47. The van der Waals surface area contributed by atoms with Crippen LogP contribution in [0, 0.1) is 6.92 Å². The number of carbonyl (C=O) groups excluding carboxylic acids is 2. The van der Waals surface area contributed by atoms with Gasteiger partial charge in [-0.1, -0.05) is 52.7 Å². The van der Waals surface area contributed by atoms with Gasteiger partial charge in [-0.05, 0) is 18.9 Å². The smallest absolute Gasteiger partial charge is 0.305 e. The largest absolute Gasteiger partial charge is 0.481 e. The number of carboxylic acid groups (broad SMARTS) is 1. The molecule has 4 rings (SSSR count). The van der Waals surface area contributed by atoms with Gasteiger partial charge in [0.1, 0.15) is 17.4 Å². The Balaban J connectivity index is 1.39. The molecular formula is C28H32N8O7S. The molecule has 0 aliphatic heterocycles. The van der Waals surface area contributed by atoms with Crippen molar-refractivity contribution < 1.29 is 28.6 Å². The number of nitrogens with one attached hydrogen (secondary N) is 2. The van der Waals surface area contributed by atoms with Gasteiger partial charge in [0.15, 0.2) is 17.4 Å². The molecule has 16 heteroatoms. The fourth-order valence-electron chi connectivity index (χ4n) is 4.32. The molecule has 3 aromatic heterocycles. The first-order valence-corrected chi connectivity index (χ1v) is 15.0. The van der Waals surface area contributed by atoms with Crippen molar-refractivity contribution in [3.63, 3.8) is 0 Å². The minimum Gasteiger partial charge on any atom is -0.481 e. The highest BCUT2D eigenvalue weighted by Gasteiger charge is 2.28. The van der Waals surface area contributed by atoms with Gasteiger partial charge in [-0.3, -0.25) is 23.7 Å². The minimum atomic E-state index is -1.25.